The van der Waals surface area contributed by atoms with Crippen LogP contribution < -0.4 is 0 Å². The fourth-order valence-corrected chi connectivity index (χ4v) is 8.15. The quantitative estimate of drug-likeness (QED) is 0.179. The van der Waals surface area contributed by atoms with Gasteiger partial charge in [-0.15, -0.1) is 0 Å². The summed E-state index contributed by atoms with van der Waals surface area (Å²) in [6, 6.07) is 53.5. The summed E-state index contributed by atoms with van der Waals surface area (Å²) in [4.78, 5) is 0. The molecule has 0 fully saturated rings. The lowest BCUT2D eigenvalue weighted by atomic mass is 10.1. The molecule has 3 aromatic heterocycles. The Hall–Kier alpha value is -6.84. The SMILES string of the molecule is [2H]c1c([2H])c([2H])c(-c2cccc(-n3c4ccc(-n5c6ccccc6c6ccccc65)cc4c4cc(-n5c6ccccc6c6ccccc65)ccc43)c2)c([2H])c1[2H]. The molecular weight excluding hydrogens is 619 g/mol. The molecule has 0 aliphatic rings. The molecule has 0 saturated carbocycles. The van der Waals surface area contributed by atoms with E-state index in [4.69, 9.17) is 6.85 Å². The molecule has 0 aliphatic carbocycles. The van der Waals surface area contributed by atoms with Crippen molar-refractivity contribution in [3.05, 3.63) is 188 Å². The number of hydrogen-bond acceptors (Lipinski definition) is 0. The fraction of sp³-hybridized carbons (Fsp3) is 0. The molecule has 3 heteroatoms. The van der Waals surface area contributed by atoms with Gasteiger partial charge in [0.05, 0.1) is 40.0 Å². The Balaban J connectivity index is 1.21. The molecule has 0 aliphatic heterocycles. The molecule has 8 aromatic carbocycles. The summed E-state index contributed by atoms with van der Waals surface area (Å²) in [6.07, 6.45) is 0. The molecule has 0 N–H and O–H groups in total. The van der Waals surface area contributed by atoms with Crippen LogP contribution in [0.5, 0.6) is 0 Å². The molecule has 11 rings (SSSR count). The van der Waals surface area contributed by atoms with E-state index in [1.807, 2.05) is 24.3 Å². The van der Waals surface area contributed by atoms with E-state index in [0.29, 0.717) is 5.56 Å². The second kappa shape index (κ2) is 10.8. The zero-order chi connectivity index (χ0) is 37.8. The van der Waals surface area contributed by atoms with E-state index in [0.717, 1.165) is 60.9 Å². The van der Waals surface area contributed by atoms with Gasteiger partial charge in [-0.1, -0.05) is 115 Å². The van der Waals surface area contributed by atoms with Gasteiger partial charge in [0.25, 0.3) is 0 Å². The standard InChI is InChI=1S/C48H31N3/c1-2-13-32(14-3-1)33-15-12-16-34(29-33)49-47-27-25-35(50-43-21-8-4-17-37(43)38-18-5-9-22-44(38)50)30-41(47)42-31-36(26-28-48(42)49)51-45-23-10-6-19-39(45)40-20-7-11-24-46(40)51/h1-31H/i1D,2D,3D,13D,14D. The highest BCUT2D eigenvalue weighted by Crippen LogP contribution is 2.39. The second-order valence-electron chi connectivity index (χ2n) is 13.0. The van der Waals surface area contributed by atoms with E-state index >= 15 is 0 Å². The molecule has 0 spiro atoms. The van der Waals surface area contributed by atoms with Crippen molar-refractivity contribution in [2.45, 2.75) is 0 Å². The molecule has 0 atom stereocenters. The van der Waals surface area contributed by atoms with Gasteiger partial charge in [-0.2, -0.15) is 0 Å². The van der Waals surface area contributed by atoms with Crippen LogP contribution in [0.2, 0.25) is 0 Å². The van der Waals surface area contributed by atoms with Gasteiger partial charge >= 0.3 is 0 Å². The number of aromatic nitrogens is 3. The van der Waals surface area contributed by atoms with E-state index in [1.165, 1.54) is 21.5 Å². The minimum atomic E-state index is -0.402. The van der Waals surface area contributed by atoms with Crippen molar-refractivity contribution in [3.8, 4) is 28.2 Å². The number of rotatable bonds is 4. The molecule has 51 heavy (non-hydrogen) atoms. The lowest BCUT2D eigenvalue weighted by molar-refractivity contribution is 1.16. The van der Waals surface area contributed by atoms with Crippen molar-refractivity contribution >= 4 is 65.4 Å². The highest BCUT2D eigenvalue weighted by atomic mass is 15.0. The van der Waals surface area contributed by atoms with Crippen LogP contribution in [-0.4, -0.2) is 13.7 Å². The first kappa shape index (κ1) is 23.5. The molecule has 0 bridgehead atoms. The van der Waals surface area contributed by atoms with Crippen molar-refractivity contribution in [2.24, 2.45) is 0 Å². The highest BCUT2D eigenvalue weighted by molar-refractivity contribution is 6.14. The maximum atomic E-state index is 8.71. The van der Waals surface area contributed by atoms with Crippen molar-refractivity contribution in [3.63, 3.8) is 0 Å². The minimum absolute atomic E-state index is 0.181. The first-order valence-electron chi connectivity index (χ1n) is 19.6. The summed E-state index contributed by atoms with van der Waals surface area (Å²) >= 11 is 0. The van der Waals surface area contributed by atoms with Crippen LogP contribution in [0.1, 0.15) is 6.85 Å². The van der Waals surface area contributed by atoms with Crippen molar-refractivity contribution < 1.29 is 6.85 Å². The number of benzene rings is 8. The third kappa shape index (κ3) is 4.12. The van der Waals surface area contributed by atoms with Gasteiger partial charge in [-0.25, -0.2) is 0 Å². The summed E-state index contributed by atoms with van der Waals surface area (Å²) in [5.74, 6) is 0. The summed E-state index contributed by atoms with van der Waals surface area (Å²) in [6.45, 7) is 0. The summed E-state index contributed by atoms with van der Waals surface area (Å²) in [5, 5.41) is 6.92. The Labute approximate surface area is 301 Å². The molecule has 3 nitrogen and oxygen atoms in total. The third-order valence-electron chi connectivity index (χ3n) is 10.3. The minimum Gasteiger partial charge on any atom is -0.309 e. The summed E-state index contributed by atoms with van der Waals surface area (Å²) < 4.78 is 49.1. The fourth-order valence-electron chi connectivity index (χ4n) is 8.15. The van der Waals surface area contributed by atoms with Crippen LogP contribution in [0.15, 0.2) is 188 Å². The van der Waals surface area contributed by atoms with Gasteiger partial charge in [-0.05, 0) is 83.9 Å². The topological polar surface area (TPSA) is 14.8 Å². The number of hydrogen-bond donors (Lipinski definition) is 0. The van der Waals surface area contributed by atoms with Crippen LogP contribution in [0, 0.1) is 0 Å². The van der Waals surface area contributed by atoms with E-state index in [1.54, 1.807) is 0 Å². The monoisotopic (exact) mass is 654 g/mol. The smallest absolute Gasteiger partial charge is 0.0629 e. The Morgan fingerprint density at radius 2 is 0.686 bits per heavy atom. The molecule has 0 amide bonds. The van der Waals surface area contributed by atoms with Crippen LogP contribution in [-0.2, 0) is 0 Å². The lowest BCUT2D eigenvalue weighted by Gasteiger charge is -2.12. The van der Waals surface area contributed by atoms with Crippen LogP contribution in [0.25, 0.3) is 93.6 Å². The van der Waals surface area contributed by atoms with Crippen LogP contribution in [0.3, 0.4) is 0 Å². The Bertz CT molecular complexity index is 3140. The Morgan fingerprint density at radius 3 is 1.14 bits per heavy atom. The van der Waals surface area contributed by atoms with Gasteiger partial charge in [-0.3, -0.25) is 0 Å². The van der Waals surface area contributed by atoms with Crippen molar-refractivity contribution in [1.29, 1.82) is 0 Å². The van der Waals surface area contributed by atoms with Gasteiger partial charge in [0.1, 0.15) is 0 Å². The molecule has 11 aromatic rings. The zero-order valence-corrected chi connectivity index (χ0v) is 27.4. The van der Waals surface area contributed by atoms with Crippen molar-refractivity contribution in [1.82, 2.24) is 13.7 Å². The van der Waals surface area contributed by atoms with E-state index in [9.17, 15) is 0 Å². The summed E-state index contributed by atoms with van der Waals surface area (Å²) in [7, 11) is 0. The number of para-hydroxylation sites is 4. The molecule has 0 saturated heterocycles. The molecule has 3 heterocycles. The maximum absolute atomic E-state index is 8.71. The maximum Gasteiger partial charge on any atom is 0.0629 e. The molecular formula is C48H31N3. The van der Waals surface area contributed by atoms with E-state index < -0.39 is 6.04 Å². The van der Waals surface area contributed by atoms with Crippen LogP contribution >= 0.6 is 0 Å². The normalized spacial score (nSPS) is 13.3. The average Bonchev–Trinajstić information content (AvgIpc) is 3.88. The second-order valence-corrected chi connectivity index (χ2v) is 13.0. The lowest BCUT2D eigenvalue weighted by Crippen LogP contribution is -1.96. The number of fused-ring (bicyclic) bond motifs is 9. The highest BCUT2D eigenvalue weighted by Gasteiger charge is 2.19. The van der Waals surface area contributed by atoms with Crippen molar-refractivity contribution in [2.75, 3.05) is 0 Å². The molecule has 0 unspecified atom stereocenters. The van der Waals surface area contributed by atoms with Gasteiger partial charge in [0, 0.05) is 49.4 Å². The van der Waals surface area contributed by atoms with Gasteiger partial charge in [0.15, 0.2) is 0 Å². The molecule has 238 valence electrons. The summed E-state index contributed by atoms with van der Waals surface area (Å²) in [5.41, 5.74) is 10.2. The number of nitrogens with zero attached hydrogens (tertiary/aromatic N) is 3. The Kier molecular flexibility index (Phi) is 4.99. The van der Waals surface area contributed by atoms with E-state index in [2.05, 4.69) is 147 Å². The van der Waals surface area contributed by atoms with Gasteiger partial charge < -0.3 is 13.7 Å². The van der Waals surface area contributed by atoms with Gasteiger partial charge in [0.2, 0.25) is 0 Å². The molecule has 0 radical (unpaired) electrons. The first-order chi connectivity index (χ1) is 27.4. The van der Waals surface area contributed by atoms with Crippen LogP contribution in [0.4, 0.5) is 0 Å². The first-order valence-corrected chi connectivity index (χ1v) is 17.1. The van der Waals surface area contributed by atoms with E-state index in [-0.39, 0.29) is 29.7 Å². The Morgan fingerprint density at radius 1 is 0.294 bits per heavy atom. The average molecular weight is 655 g/mol. The zero-order valence-electron chi connectivity index (χ0n) is 32.4. The predicted octanol–water partition coefficient (Wildman–Crippen LogP) is 12.6. The largest absolute Gasteiger partial charge is 0.309 e. The third-order valence-corrected chi connectivity index (χ3v) is 10.3. The predicted molar refractivity (Wildman–Crippen MR) is 215 cm³/mol.